The van der Waals surface area contributed by atoms with Gasteiger partial charge in [0.2, 0.25) is 0 Å². The quantitative estimate of drug-likeness (QED) is 0.261. The molecule has 0 saturated heterocycles. The van der Waals surface area contributed by atoms with Gasteiger partial charge in [0.05, 0.1) is 17.9 Å². The molecular formula is C22H18FIN6O3S. The molecule has 1 unspecified atom stereocenters. The highest BCUT2D eigenvalue weighted by Crippen LogP contribution is 2.34. The van der Waals surface area contributed by atoms with Gasteiger partial charge in [0.25, 0.3) is 0 Å². The van der Waals surface area contributed by atoms with E-state index >= 15 is 0 Å². The molecule has 0 spiro atoms. The number of nitrogens with zero attached hydrogens (tertiary/aromatic N) is 4. The lowest BCUT2D eigenvalue weighted by Crippen LogP contribution is -2.27. The van der Waals surface area contributed by atoms with Crippen LogP contribution in [0.1, 0.15) is 31.1 Å². The maximum Gasteiger partial charge on any atom is 0.371 e. The van der Waals surface area contributed by atoms with Crippen molar-refractivity contribution in [2.24, 2.45) is 0 Å². The fraction of sp³-hybridized carbons (Fsp3) is 0.182. The van der Waals surface area contributed by atoms with Crippen molar-refractivity contribution in [2.75, 3.05) is 5.73 Å². The van der Waals surface area contributed by atoms with E-state index in [0.717, 1.165) is 9.21 Å². The standard InChI is InChI=1S/C22H18FIN6O3S/c1-4-11(2)19-13-7-18(20(26)27-9-13)32-12(3)15-8-14(23)5-6-17(15)30-21(31)28-22(33-34-24)29(30)10-16(19)25/h1,5-9,12,25H,10H2,2-3H3,(H2,26,27)/b19-11+,25-16?. The number of anilines is 1. The monoisotopic (exact) mass is 592 g/mol. The Labute approximate surface area is 210 Å². The topological polar surface area (TPSA) is 121 Å². The summed E-state index contributed by atoms with van der Waals surface area (Å²) in [5, 5.41) is 8.88. The smallest absolute Gasteiger partial charge is 0.371 e. The van der Waals surface area contributed by atoms with Gasteiger partial charge in [-0.1, -0.05) is 5.92 Å². The molecule has 2 bridgehead atoms. The Morgan fingerprint density at radius 3 is 2.94 bits per heavy atom. The van der Waals surface area contributed by atoms with Crippen LogP contribution in [0.25, 0.3) is 11.3 Å². The number of ether oxygens (including phenoxy) is 1. The number of allylic oxidation sites excluding steroid dienone is 2. The first-order chi connectivity index (χ1) is 16.2. The van der Waals surface area contributed by atoms with Crippen LogP contribution < -0.4 is 20.3 Å². The first-order valence-electron chi connectivity index (χ1n) is 9.88. The molecule has 0 fully saturated rings. The molecule has 3 N–H and O–H groups in total. The minimum atomic E-state index is -0.733. The summed E-state index contributed by atoms with van der Waals surface area (Å²) in [5.41, 5.74) is 7.55. The summed E-state index contributed by atoms with van der Waals surface area (Å²) in [6.45, 7) is 3.28. The van der Waals surface area contributed by atoms with Crippen molar-refractivity contribution in [1.82, 2.24) is 19.3 Å². The van der Waals surface area contributed by atoms with E-state index in [9.17, 15) is 9.18 Å². The summed E-state index contributed by atoms with van der Waals surface area (Å²) in [5.74, 6) is 2.41. The van der Waals surface area contributed by atoms with Gasteiger partial charge in [-0.3, -0.25) is 0 Å². The number of benzene rings is 1. The molecule has 2 aromatic heterocycles. The third-order valence-electron chi connectivity index (χ3n) is 5.27. The lowest BCUT2D eigenvalue weighted by Gasteiger charge is -2.23. The average Bonchev–Trinajstić information content (AvgIpc) is 3.09. The highest BCUT2D eigenvalue weighted by molar-refractivity contribution is 14.2. The average molecular weight is 592 g/mol. The Morgan fingerprint density at radius 1 is 1.47 bits per heavy atom. The number of hydrogen-bond donors (Lipinski definition) is 2. The molecule has 3 heterocycles. The number of nitrogens with one attached hydrogen (secondary N) is 1. The van der Waals surface area contributed by atoms with E-state index in [4.69, 9.17) is 26.5 Å². The molecule has 0 radical (unpaired) electrons. The molecule has 0 aliphatic carbocycles. The van der Waals surface area contributed by atoms with E-state index in [0.29, 0.717) is 28.0 Å². The zero-order valence-electron chi connectivity index (χ0n) is 18.0. The molecule has 9 nitrogen and oxygen atoms in total. The molecule has 4 rings (SSSR count). The molecular weight excluding hydrogens is 574 g/mol. The Hall–Kier alpha value is -3.31. The summed E-state index contributed by atoms with van der Waals surface area (Å²) in [7, 11) is 0.964. The highest BCUT2D eigenvalue weighted by Gasteiger charge is 2.26. The van der Waals surface area contributed by atoms with Gasteiger partial charge in [0.15, 0.2) is 11.6 Å². The van der Waals surface area contributed by atoms with Crippen molar-refractivity contribution in [3.8, 4) is 29.8 Å². The summed E-state index contributed by atoms with van der Waals surface area (Å²) in [6, 6.07) is 5.56. The Balaban J connectivity index is 2.07. The Bertz CT molecular complexity index is 1440. The predicted molar refractivity (Wildman–Crippen MR) is 137 cm³/mol. The van der Waals surface area contributed by atoms with Crippen molar-refractivity contribution in [1.29, 1.82) is 5.41 Å². The normalized spacial score (nSPS) is 16.8. The van der Waals surface area contributed by atoms with Crippen molar-refractivity contribution in [3.05, 3.63) is 63.5 Å². The van der Waals surface area contributed by atoms with Crippen LogP contribution in [0.15, 0.2) is 40.8 Å². The number of nitrogen functional groups attached to an aromatic ring is 1. The van der Waals surface area contributed by atoms with Crippen LogP contribution in [0, 0.1) is 23.6 Å². The second-order valence-corrected chi connectivity index (χ2v) is 8.76. The molecule has 1 aliphatic heterocycles. The van der Waals surface area contributed by atoms with Gasteiger partial charge in [-0.05, 0) is 38.1 Å². The summed E-state index contributed by atoms with van der Waals surface area (Å²) in [4.78, 5) is 21.2. The largest absolute Gasteiger partial charge is 0.482 e. The lowest BCUT2D eigenvalue weighted by molar-refractivity contribution is 0.226. The number of nitrogens with two attached hydrogens (primary N) is 1. The Kier molecular flexibility index (Phi) is 6.67. The van der Waals surface area contributed by atoms with Gasteiger partial charge < -0.3 is 20.1 Å². The minimum Gasteiger partial charge on any atom is -0.482 e. The van der Waals surface area contributed by atoms with E-state index in [-0.39, 0.29) is 29.8 Å². The zero-order valence-corrected chi connectivity index (χ0v) is 21.0. The highest BCUT2D eigenvalue weighted by atomic mass is 127. The van der Waals surface area contributed by atoms with Crippen LogP contribution in [0.4, 0.5) is 10.2 Å². The molecule has 3 aromatic rings. The number of rotatable bonds is 2. The molecule has 1 atom stereocenters. The van der Waals surface area contributed by atoms with E-state index in [1.165, 1.54) is 33.8 Å². The van der Waals surface area contributed by atoms with E-state index in [2.05, 4.69) is 15.9 Å². The number of fused-ring (bicyclic) bond motifs is 5. The SMILES string of the molecule is C#C/C(C)=C1/C(=N)Cn2c(OSI)nc(=O)n2-c2ccc(F)cc2C(C)Oc2cc1cnc2N. The molecule has 12 heteroatoms. The van der Waals surface area contributed by atoms with Gasteiger partial charge in [0, 0.05) is 49.7 Å². The molecule has 34 heavy (non-hydrogen) atoms. The van der Waals surface area contributed by atoms with E-state index in [1.54, 1.807) is 19.9 Å². The van der Waals surface area contributed by atoms with E-state index < -0.39 is 17.6 Å². The number of halogens is 2. The molecule has 0 amide bonds. The zero-order chi connectivity index (χ0) is 24.6. The van der Waals surface area contributed by atoms with Crippen molar-refractivity contribution in [2.45, 2.75) is 26.5 Å². The third-order valence-corrected chi connectivity index (χ3v) is 6.02. The van der Waals surface area contributed by atoms with Crippen molar-refractivity contribution in [3.63, 3.8) is 0 Å². The summed E-state index contributed by atoms with van der Waals surface area (Å²) in [6.07, 6.45) is 6.43. The number of aromatic nitrogens is 4. The fourth-order valence-corrected chi connectivity index (χ4v) is 4.40. The summed E-state index contributed by atoms with van der Waals surface area (Å²) < 4.78 is 28.5. The van der Waals surface area contributed by atoms with Crippen LogP contribution in [0.2, 0.25) is 0 Å². The molecule has 1 aliphatic rings. The number of hydrogen-bond acceptors (Lipinski definition) is 8. The van der Waals surface area contributed by atoms with Crippen molar-refractivity contribution >= 4 is 47.5 Å². The second kappa shape index (κ2) is 9.51. The molecule has 1 aromatic carbocycles. The number of pyridine rings is 1. The lowest BCUT2D eigenvalue weighted by atomic mass is 9.97. The van der Waals surface area contributed by atoms with Gasteiger partial charge in [0.1, 0.15) is 21.1 Å². The predicted octanol–water partition coefficient (Wildman–Crippen LogP) is 4.11. The fourth-order valence-electron chi connectivity index (χ4n) is 3.74. The summed E-state index contributed by atoms with van der Waals surface area (Å²) >= 11 is 1.90. The van der Waals surface area contributed by atoms with Crippen LogP contribution in [0.3, 0.4) is 0 Å². The minimum absolute atomic E-state index is 0.0242. The van der Waals surface area contributed by atoms with Crippen LogP contribution >= 0.6 is 30.4 Å². The molecule has 0 saturated carbocycles. The van der Waals surface area contributed by atoms with Crippen LogP contribution in [0.5, 0.6) is 11.8 Å². The maximum absolute atomic E-state index is 14.3. The van der Waals surface area contributed by atoms with Gasteiger partial charge >= 0.3 is 11.7 Å². The number of terminal acetylenes is 1. The van der Waals surface area contributed by atoms with Gasteiger partial charge in [-0.25, -0.2) is 18.9 Å². The molecule has 174 valence electrons. The Morgan fingerprint density at radius 2 is 2.24 bits per heavy atom. The van der Waals surface area contributed by atoms with Gasteiger partial charge in [-0.2, -0.15) is 4.68 Å². The maximum atomic E-state index is 14.3. The van der Waals surface area contributed by atoms with Crippen molar-refractivity contribution < 1.29 is 13.3 Å². The third kappa shape index (κ3) is 4.28. The second-order valence-electron chi connectivity index (χ2n) is 7.39. The first-order valence-corrected chi connectivity index (χ1v) is 13.2. The van der Waals surface area contributed by atoms with Crippen LogP contribution in [-0.2, 0) is 6.54 Å². The first kappa shape index (κ1) is 23.8. The van der Waals surface area contributed by atoms with Gasteiger partial charge in [-0.15, -0.1) is 11.4 Å². The van der Waals surface area contributed by atoms with Crippen LogP contribution in [-0.4, -0.2) is 25.0 Å². The van der Waals surface area contributed by atoms with E-state index in [1.807, 2.05) is 21.2 Å².